The van der Waals surface area contributed by atoms with Crippen molar-refractivity contribution in [3.05, 3.63) is 64.5 Å². The van der Waals surface area contributed by atoms with E-state index in [1.54, 1.807) is 30.9 Å². The van der Waals surface area contributed by atoms with E-state index in [1.807, 2.05) is 12.1 Å². The summed E-state index contributed by atoms with van der Waals surface area (Å²) in [5, 5.41) is 15.4. The van der Waals surface area contributed by atoms with Crippen LogP contribution in [-0.4, -0.2) is 52.2 Å². The van der Waals surface area contributed by atoms with Crippen LogP contribution in [0.3, 0.4) is 0 Å². The summed E-state index contributed by atoms with van der Waals surface area (Å²) in [7, 11) is 0. The molecule has 2 aliphatic heterocycles. The van der Waals surface area contributed by atoms with Gasteiger partial charge in [0.25, 0.3) is 0 Å². The summed E-state index contributed by atoms with van der Waals surface area (Å²) in [4.78, 5) is 28.0. The fourth-order valence-electron chi connectivity index (χ4n) is 4.63. The van der Waals surface area contributed by atoms with Crippen LogP contribution in [-0.2, 0) is 13.1 Å². The molecule has 2 heterocycles. The van der Waals surface area contributed by atoms with Gasteiger partial charge >= 0.3 is 12.1 Å². The van der Waals surface area contributed by atoms with Gasteiger partial charge in [-0.25, -0.2) is 22.8 Å². The van der Waals surface area contributed by atoms with Crippen LogP contribution in [0.4, 0.5) is 28.4 Å². The Balaban J connectivity index is 1.26. The van der Waals surface area contributed by atoms with Crippen molar-refractivity contribution in [2.24, 2.45) is 0 Å². The van der Waals surface area contributed by atoms with Gasteiger partial charge < -0.3 is 25.5 Å². The third-order valence-corrected chi connectivity index (χ3v) is 6.78. The predicted molar refractivity (Wildman–Crippen MR) is 129 cm³/mol. The summed E-state index contributed by atoms with van der Waals surface area (Å²) in [6.45, 7) is 4.96. The first-order chi connectivity index (χ1) is 17.0. The summed E-state index contributed by atoms with van der Waals surface area (Å²) in [6.07, 6.45) is 2.11. The third-order valence-electron chi connectivity index (χ3n) is 6.78. The van der Waals surface area contributed by atoms with E-state index in [9.17, 15) is 27.9 Å². The number of benzene rings is 2. The molecule has 4 rings (SSSR count). The molecule has 0 saturated carbocycles. The first-order valence-electron chi connectivity index (χ1n) is 12.1. The average molecular weight is 505 g/mol. The molecule has 2 aromatic rings. The number of hydrogen-bond donors (Lipinski definition) is 3. The molecule has 1 saturated heterocycles. The molecule has 7 nitrogen and oxygen atoms in total. The number of halogens is 3. The summed E-state index contributed by atoms with van der Waals surface area (Å²) in [6, 6.07) is 7.76. The van der Waals surface area contributed by atoms with E-state index < -0.39 is 29.1 Å². The number of nitrogens with one attached hydrogen (secondary N) is 2. The Morgan fingerprint density at radius 1 is 1.00 bits per heavy atom. The highest BCUT2D eigenvalue weighted by Crippen LogP contribution is 2.31. The van der Waals surface area contributed by atoms with E-state index in [0.717, 1.165) is 24.5 Å². The molecule has 0 unspecified atom stereocenters. The van der Waals surface area contributed by atoms with Crippen LogP contribution in [0.1, 0.15) is 55.7 Å². The van der Waals surface area contributed by atoms with E-state index >= 15 is 0 Å². The van der Waals surface area contributed by atoms with Gasteiger partial charge in [0.05, 0.1) is 12.1 Å². The molecule has 2 aliphatic rings. The SMILES string of the molecule is CC(C)(O)CCNC(=O)N1CCC(c2ccc(NC(=O)N3Cc4cc(F)c(F)c(F)c4C3)cc2)CC1. The smallest absolute Gasteiger partial charge is 0.322 e. The second kappa shape index (κ2) is 10.4. The quantitative estimate of drug-likeness (QED) is 0.516. The zero-order valence-electron chi connectivity index (χ0n) is 20.4. The van der Waals surface area contributed by atoms with E-state index in [-0.39, 0.29) is 36.2 Å². The summed E-state index contributed by atoms with van der Waals surface area (Å²) in [5.41, 5.74) is 1.10. The number of aliphatic hydroxyl groups is 1. The number of carbonyl (C=O) groups excluding carboxylic acids is 2. The molecule has 0 spiro atoms. The van der Waals surface area contributed by atoms with Gasteiger partial charge in [0.2, 0.25) is 0 Å². The maximum absolute atomic E-state index is 14.0. The standard InChI is InChI=1S/C26H31F3N4O3/c1-26(2,36)9-10-30-24(34)32-11-7-17(8-12-32)16-3-5-19(6-4-16)31-25(35)33-14-18-13-21(27)23(29)22(28)20(18)15-33/h3-6,13,17,36H,7-12,14-15H2,1-2H3,(H,30,34)(H,31,35). The van der Waals surface area contributed by atoms with Gasteiger partial charge in [0, 0.05) is 37.4 Å². The molecule has 0 aliphatic carbocycles. The van der Waals surface area contributed by atoms with Gasteiger partial charge in [-0.2, -0.15) is 0 Å². The molecule has 1 fully saturated rings. The second-order valence-electron chi connectivity index (χ2n) is 10.1. The fraction of sp³-hybridized carbons (Fsp3) is 0.462. The molecule has 2 aromatic carbocycles. The molecule has 194 valence electrons. The molecule has 0 radical (unpaired) electrons. The van der Waals surface area contributed by atoms with Crippen LogP contribution >= 0.6 is 0 Å². The van der Waals surface area contributed by atoms with Crippen LogP contribution in [0.5, 0.6) is 0 Å². The van der Waals surface area contributed by atoms with Crippen molar-refractivity contribution < 1.29 is 27.9 Å². The molecule has 10 heteroatoms. The number of anilines is 1. The lowest BCUT2D eigenvalue weighted by molar-refractivity contribution is 0.0713. The largest absolute Gasteiger partial charge is 0.390 e. The highest BCUT2D eigenvalue weighted by molar-refractivity contribution is 5.89. The molecular weight excluding hydrogens is 473 g/mol. The summed E-state index contributed by atoms with van der Waals surface area (Å²) < 4.78 is 41.0. The lowest BCUT2D eigenvalue weighted by Crippen LogP contribution is -2.45. The Morgan fingerprint density at radius 2 is 1.67 bits per heavy atom. The number of piperidine rings is 1. The number of likely N-dealkylation sites (tertiary alicyclic amines) is 1. The second-order valence-corrected chi connectivity index (χ2v) is 10.1. The van der Waals surface area contributed by atoms with Crippen molar-refractivity contribution in [3.63, 3.8) is 0 Å². The van der Waals surface area contributed by atoms with Crippen LogP contribution in [0, 0.1) is 17.5 Å². The molecule has 3 N–H and O–H groups in total. The minimum absolute atomic E-state index is 0.00270. The van der Waals surface area contributed by atoms with Crippen LogP contribution in [0.15, 0.2) is 30.3 Å². The number of rotatable bonds is 5. The van der Waals surface area contributed by atoms with Crippen molar-refractivity contribution in [3.8, 4) is 0 Å². The number of urea groups is 2. The normalized spacial score (nSPS) is 16.2. The van der Waals surface area contributed by atoms with Crippen LogP contribution < -0.4 is 10.6 Å². The Hall–Kier alpha value is -3.27. The molecule has 0 aromatic heterocycles. The van der Waals surface area contributed by atoms with Gasteiger partial charge in [-0.1, -0.05) is 12.1 Å². The number of fused-ring (bicyclic) bond motifs is 1. The fourth-order valence-corrected chi connectivity index (χ4v) is 4.63. The van der Waals surface area contributed by atoms with E-state index in [0.29, 0.717) is 31.7 Å². The third kappa shape index (κ3) is 5.92. The van der Waals surface area contributed by atoms with Gasteiger partial charge in [-0.3, -0.25) is 0 Å². The first kappa shape index (κ1) is 25.8. The Kier molecular flexibility index (Phi) is 7.44. The van der Waals surface area contributed by atoms with E-state index in [1.165, 1.54) is 4.90 Å². The maximum atomic E-state index is 14.0. The Morgan fingerprint density at radius 3 is 2.31 bits per heavy atom. The molecule has 0 atom stereocenters. The number of nitrogens with zero attached hydrogens (tertiary/aromatic N) is 2. The summed E-state index contributed by atoms with van der Waals surface area (Å²) >= 11 is 0. The number of carbonyl (C=O) groups is 2. The van der Waals surface area contributed by atoms with Crippen LogP contribution in [0.2, 0.25) is 0 Å². The monoisotopic (exact) mass is 504 g/mol. The molecule has 0 bridgehead atoms. The van der Waals surface area contributed by atoms with Gasteiger partial charge in [-0.05, 0) is 68.4 Å². The zero-order chi connectivity index (χ0) is 26.0. The Labute approximate surface area is 208 Å². The van der Waals surface area contributed by atoms with Crippen LogP contribution in [0.25, 0.3) is 0 Å². The van der Waals surface area contributed by atoms with Crippen molar-refractivity contribution in [2.45, 2.75) is 57.7 Å². The topological polar surface area (TPSA) is 84.9 Å². The number of amides is 4. The predicted octanol–water partition coefficient (Wildman–Crippen LogP) is 4.70. The minimum Gasteiger partial charge on any atom is -0.390 e. The van der Waals surface area contributed by atoms with Crippen molar-refractivity contribution >= 4 is 17.7 Å². The molecular formula is C26H31F3N4O3. The van der Waals surface area contributed by atoms with Gasteiger partial charge in [0.15, 0.2) is 17.5 Å². The van der Waals surface area contributed by atoms with Gasteiger partial charge in [0.1, 0.15) is 0 Å². The van der Waals surface area contributed by atoms with Gasteiger partial charge in [-0.15, -0.1) is 0 Å². The van der Waals surface area contributed by atoms with Crippen molar-refractivity contribution in [1.82, 2.24) is 15.1 Å². The lowest BCUT2D eigenvalue weighted by Gasteiger charge is -2.32. The minimum atomic E-state index is -1.52. The average Bonchev–Trinajstić information content (AvgIpc) is 3.27. The molecule has 36 heavy (non-hydrogen) atoms. The Bertz CT molecular complexity index is 1130. The zero-order valence-corrected chi connectivity index (χ0v) is 20.4. The maximum Gasteiger partial charge on any atom is 0.322 e. The summed E-state index contributed by atoms with van der Waals surface area (Å²) in [5.74, 6) is -3.75. The highest BCUT2D eigenvalue weighted by Gasteiger charge is 2.30. The number of hydrogen-bond acceptors (Lipinski definition) is 3. The van der Waals surface area contributed by atoms with Crippen molar-refractivity contribution in [1.29, 1.82) is 0 Å². The van der Waals surface area contributed by atoms with Crippen molar-refractivity contribution in [2.75, 3.05) is 25.0 Å². The first-order valence-corrected chi connectivity index (χ1v) is 12.1. The molecule has 4 amide bonds. The lowest BCUT2D eigenvalue weighted by atomic mass is 9.89. The van der Waals surface area contributed by atoms with E-state index in [2.05, 4.69) is 10.6 Å². The highest BCUT2D eigenvalue weighted by atomic mass is 19.2. The van der Waals surface area contributed by atoms with E-state index in [4.69, 9.17) is 0 Å².